The van der Waals surface area contributed by atoms with Crippen molar-refractivity contribution < 1.29 is 58.6 Å². The first-order valence-corrected chi connectivity index (χ1v) is 19.1. The molecule has 4 N–H and O–H groups in total. The number of hydrogen-bond donors (Lipinski definition) is 8. The summed E-state index contributed by atoms with van der Waals surface area (Å²) in [6.45, 7) is -3.28. The molecule has 264 valence electrons. The predicted octanol–water partition coefficient (Wildman–Crippen LogP) is 1.92. The number of aliphatic hydroxyl groups excluding tert-OH is 4. The van der Waals surface area contributed by atoms with Gasteiger partial charge in [0, 0.05) is 40.3 Å². The number of alkyl halides is 4. The first kappa shape index (κ1) is 46.0. The lowest BCUT2D eigenvalue weighted by Crippen LogP contribution is -2.44. The van der Waals surface area contributed by atoms with Gasteiger partial charge in [-0.3, -0.25) is 19.2 Å². The first-order valence-electron chi connectivity index (χ1n) is 13.4. The highest BCUT2D eigenvalue weighted by Crippen LogP contribution is 2.26. The van der Waals surface area contributed by atoms with Crippen LogP contribution < -0.4 is 0 Å². The SMILES string of the molecule is O=C(CC(S)C(Br)CO)OCC(COC(=O)CC(S)C(Br)CO)(COC(=O)CC(S)C(Br)CO)COC(=O)CC(S)C(Br)CO. The van der Waals surface area contributed by atoms with Crippen LogP contribution in [0.4, 0.5) is 0 Å². The number of thiol groups is 4. The van der Waals surface area contributed by atoms with E-state index in [1.54, 1.807) is 0 Å². The molecule has 8 atom stereocenters. The van der Waals surface area contributed by atoms with Crippen LogP contribution in [0.2, 0.25) is 0 Å². The Morgan fingerprint density at radius 2 is 0.644 bits per heavy atom. The van der Waals surface area contributed by atoms with Crippen molar-refractivity contribution in [3.8, 4) is 0 Å². The summed E-state index contributed by atoms with van der Waals surface area (Å²) in [5.41, 5.74) is -1.59. The van der Waals surface area contributed by atoms with E-state index in [2.05, 4.69) is 114 Å². The van der Waals surface area contributed by atoms with Gasteiger partial charge in [-0.25, -0.2) is 0 Å². The van der Waals surface area contributed by atoms with E-state index in [0.29, 0.717) is 0 Å². The van der Waals surface area contributed by atoms with Crippen LogP contribution in [0.3, 0.4) is 0 Å². The van der Waals surface area contributed by atoms with Gasteiger partial charge >= 0.3 is 23.9 Å². The van der Waals surface area contributed by atoms with Gasteiger partial charge in [0.25, 0.3) is 0 Å². The first-order chi connectivity index (χ1) is 21.0. The number of aliphatic hydroxyl groups is 4. The normalized spacial score (nSPS) is 18.2. The molecule has 0 saturated carbocycles. The van der Waals surface area contributed by atoms with Crippen LogP contribution >= 0.6 is 114 Å². The molecule has 0 spiro atoms. The van der Waals surface area contributed by atoms with Crippen LogP contribution in [-0.4, -0.2) is 137 Å². The fourth-order valence-electron chi connectivity index (χ4n) is 3.10. The molecule has 0 saturated heterocycles. The largest absolute Gasteiger partial charge is 0.465 e. The molecule has 0 radical (unpaired) electrons. The van der Waals surface area contributed by atoms with E-state index >= 15 is 0 Å². The Morgan fingerprint density at radius 3 is 0.800 bits per heavy atom. The zero-order valence-electron chi connectivity index (χ0n) is 24.0. The fourth-order valence-corrected chi connectivity index (χ4v) is 4.82. The van der Waals surface area contributed by atoms with E-state index in [1.807, 2.05) is 0 Å². The van der Waals surface area contributed by atoms with Crippen molar-refractivity contribution in [1.82, 2.24) is 0 Å². The molecule has 0 heterocycles. The molecule has 0 rings (SSSR count). The van der Waals surface area contributed by atoms with Crippen molar-refractivity contribution in [3.05, 3.63) is 0 Å². The second kappa shape index (κ2) is 25.1. The van der Waals surface area contributed by atoms with Gasteiger partial charge in [-0.2, -0.15) is 50.5 Å². The highest BCUT2D eigenvalue weighted by atomic mass is 79.9. The minimum Gasteiger partial charge on any atom is -0.465 e. The predicted molar refractivity (Wildman–Crippen MR) is 195 cm³/mol. The number of esters is 4. The van der Waals surface area contributed by atoms with E-state index in [1.165, 1.54) is 0 Å². The van der Waals surface area contributed by atoms with Crippen LogP contribution in [0, 0.1) is 5.41 Å². The Morgan fingerprint density at radius 1 is 0.467 bits per heavy atom. The van der Waals surface area contributed by atoms with Gasteiger partial charge in [-0.05, 0) is 0 Å². The molecule has 12 nitrogen and oxygen atoms in total. The fraction of sp³-hybridized carbons (Fsp3) is 0.840. The maximum absolute atomic E-state index is 12.7. The van der Waals surface area contributed by atoms with Crippen LogP contribution in [0.1, 0.15) is 25.7 Å². The van der Waals surface area contributed by atoms with Gasteiger partial charge in [0.15, 0.2) is 0 Å². The molecule has 0 aromatic heterocycles. The van der Waals surface area contributed by atoms with Gasteiger partial charge in [0.05, 0.1) is 52.1 Å². The highest BCUT2D eigenvalue weighted by molar-refractivity contribution is 9.10. The van der Waals surface area contributed by atoms with Gasteiger partial charge in [0.1, 0.15) is 31.8 Å². The molecular formula is C25H40Br4O12S4. The lowest BCUT2D eigenvalue weighted by Gasteiger charge is -2.32. The standard InChI is InChI=1S/C25H40Br4O12S4/c26-13(5-30)17(42)1-21(34)38-9-25(10-39-22(35)2-18(43)14(27)6-31,11-40-23(36)3-19(44)15(28)7-32)12-41-24(37)4-20(45)16(29)8-33/h13-20,30-33,42-45H,1-12H2. The summed E-state index contributed by atoms with van der Waals surface area (Å²) in [6, 6.07) is 0. The number of rotatable bonds is 24. The molecule has 0 amide bonds. The molecule has 20 heteroatoms. The van der Waals surface area contributed by atoms with Crippen LogP contribution in [0.15, 0.2) is 0 Å². The van der Waals surface area contributed by atoms with Gasteiger partial charge in [0.2, 0.25) is 0 Å². The average Bonchev–Trinajstić information content (AvgIpc) is 3.01. The molecule has 0 aliphatic rings. The van der Waals surface area contributed by atoms with Crippen molar-refractivity contribution >= 4 is 138 Å². The highest BCUT2D eigenvalue weighted by Gasteiger charge is 2.39. The van der Waals surface area contributed by atoms with E-state index in [9.17, 15) is 39.6 Å². The van der Waals surface area contributed by atoms with Crippen LogP contribution in [0.5, 0.6) is 0 Å². The Labute approximate surface area is 318 Å². The van der Waals surface area contributed by atoms with E-state index in [-0.39, 0.29) is 52.1 Å². The van der Waals surface area contributed by atoms with Crippen molar-refractivity contribution in [2.24, 2.45) is 5.41 Å². The maximum Gasteiger partial charge on any atom is 0.306 e. The minimum absolute atomic E-state index is 0.228. The Bertz CT molecular complexity index is 771. The second-order valence-corrected chi connectivity index (χ2v) is 17.4. The summed E-state index contributed by atoms with van der Waals surface area (Å²) >= 11 is 29.9. The third kappa shape index (κ3) is 19.7. The second-order valence-electron chi connectivity index (χ2n) is 10.0. The monoisotopic (exact) mass is 976 g/mol. The van der Waals surface area contributed by atoms with Crippen LogP contribution in [-0.2, 0) is 38.1 Å². The number of hydrogen-bond acceptors (Lipinski definition) is 16. The smallest absolute Gasteiger partial charge is 0.306 e. The third-order valence-corrected chi connectivity index (χ3v) is 13.5. The average molecular weight is 980 g/mol. The lowest BCUT2D eigenvalue weighted by atomic mass is 9.92. The Balaban J connectivity index is 6.09. The number of ether oxygens (including phenoxy) is 4. The molecule has 0 aromatic rings. The minimum atomic E-state index is -1.59. The third-order valence-electron chi connectivity index (χ3n) is 6.03. The van der Waals surface area contributed by atoms with E-state index in [4.69, 9.17) is 18.9 Å². The summed E-state index contributed by atoms with van der Waals surface area (Å²) in [7, 11) is 0. The summed E-state index contributed by atoms with van der Waals surface area (Å²) < 4.78 is 21.8. The molecule has 0 aromatic carbocycles. The molecule has 8 unspecified atom stereocenters. The summed E-state index contributed by atoms with van der Waals surface area (Å²) in [5, 5.41) is 34.8. The topological polar surface area (TPSA) is 186 Å². The van der Waals surface area contributed by atoms with Gasteiger partial charge < -0.3 is 39.4 Å². The lowest BCUT2D eigenvalue weighted by molar-refractivity contribution is -0.170. The summed E-state index contributed by atoms with van der Waals surface area (Å²) in [6.07, 6.45) is -0.911. The molecular weight excluding hydrogens is 940 g/mol. The number of carbonyl (C=O) groups is 4. The van der Waals surface area contributed by atoms with Crippen molar-refractivity contribution in [1.29, 1.82) is 0 Å². The molecule has 0 fully saturated rings. The maximum atomic E-state index is 12.7. The van der Waals surface area contributed by atoms with Gasteiger partial charge in [-0.15, -0.1) is 0 Å². The summed E-state index contributed by atoms with van der Waals surface area (Å²) in [4.78, 5) is 48.7. The van der Waals surface area contributed by atoms with Crippen LogP contribution in [0.25, 0.3) is 0 Å². The Kier molecular flexibility index (Phi) is 25.6. The van der Waals surface area contributed by atoms with Crippen molar-refractivity contribution in [3.63, 3.8) is 0 Å². The van der Waals surface area contributed by atoms with Crippen molar-refractivity contribution in [2.75, 3.05) is 52.9 Å². The van der Waals surface area contributed by atoms with Crippen molar-refractivity contribution in [2.45, 2.75) is 66.0 Å². The molecule has 0 aliphatic heterocycles. The number of carbonyl (C=O) groups excluding carboxylic acids is 4. The summed E-state index contributed by atoms with van der Waals surface area (Å²) in [5.74, 6) is -2.99. The van der Waals surface area contributed by atoms with Gasteiger partial charge in [-0.1, -0.05) is 63.7 Å². The van der Waals surface area contributed by atoms with E-state index in [0.717, 1.165) is 0 Å². The Hall–Kier alpha value is 1.04. The van der Waals surface area contributed by atoms with E-state index < -0.39 is 96.0 Å². The molecule has 0 bridgehead atoms. The quantitative estimate of drug-likeness (QED) is 0.0305. The number of halogens is 4. The zero-order valence-corrected chi connectivity index (χ0v) is 33.9. The zero-order chi connectivity index (χ0) is 34.7. The molecule has 45 heavy (non-hydrogen) atoms. The molecule has 0 aliphatic carbocycles.